The summed E-state index contributed by atoms with van der Waals surface area (Å²) >= 11 is 13.5. The van der Waals surface area contributed by atoms with Gasteiger partial charge in [0, 0.05) is 8.95 Å². The molecule has 96 valence electrons. The average Bonchev–Trinajstić information content (AvgIpc) is 2.70. The first-order valence-electron chi connectivity index (χ1n) is 4.61. The number of rotatable bonds is 3. The summed E-state index contributed by atoms with van der Waals surface area (Å²) in [4.78, 5) is 0. The monoisotopic (exact) mass is 429 g/mol. The molecule has 3 nitrogen and oxygen atoms in total. The first-order valence-corrected chi connectivity index (χ1v) is 8.94. The summed E-state index contributed by atoms with van der Waals surface area (Å²) in [7, 11) is -3.62. The summed E-state index contributed by atoms with van der Waals surface area (Å²) in [5, 5.41) is 2.04. The van der Waals surface area contributed by atoms with Crippen molar-refractivity contribution in [3.8, 4) is 0 Å². The summed E-state index contributed by atoms with van der Waals surface area (Å²) in [6.45, 7) is 0. The molecule has 0 bridgehead atoms. The second-order valence-corrected chi connectivity index (χ2v) is 8.26. The Balaban J connectivity index is 2.40. The molecule has 0 radical (unpaired) electrons. The number of anilines is 1. The number of hydrogen-bond acceptors (Lipinski definition) is 3. The van der Waals surface area contributed by atoms with E-state index in [1.807, 2.05) is 0 Å². The fourth-order valence-electron chi connectivity index (χ4n) is 1.24. The molecule has 1 N–H and O–H groups in total. The Morgan fingerprint density at radius 1 is 1.22 bits per heavy atom. The van der Waals surface area contributed by atoms with E-state index in [4.69, 9.17) is 11.6 Å². The van der Waals surface area contributed by atoms with Gasteiger partial charge in [0.15, 0.2) is 4.21 Å². The van der Waals surface area contributed by atoms with Crippen molar-refractivity contribution in [2.75, 3.05) is 4.72 Å². The summed E-state index contributed by atoms with van der Waals surface area (Å²) in [5.74, 6) is 0. The molecule has 0 aliphatic carbocycles. The highest BCUT2D eigenvalue weighted by Crippen LogP contribution is 2.32. The molecule has 1 aromatic carbocycles. The van der Waals surface area contributed by atoms with Gasteiger partial charge in [-0.05, 0) is 45.6 Å². The molecule has 0 aliphatic heterocycles. The van der Waals surface area contributed by atoms with Crippen LogP contribution in [0.5, 0.6) is 0 Å². The summed E-state index contributed by atoms with van der Waals surface area (Å²) in [6, 6.07) is 6.65. The van der Waals surface area contributed by atoms with Gasteiger partial charge < -0.3 is 0 Å². The van der Waals surface area contributed by atoms with Crippen molar-refractivity contribution in [2.24, 2.45) is 0 Å². The zero-order valence-electron chi connectivity index (χ0n) is 8.65. The maximum atomic E-state index is 12.1. The van der Waals surface area contributed by atoms with Crippen LogP contribution in [0.4, 0.5) is 5.69 Å². The summed E-state index contributed by atoms with van der Waals surface area (Å²) < 4.78 is 28.2. The Labute approximate surface area is 130 Å². The SMILES string of the molecule is O=S(=O)(Nc1cc(Br)ccc1Cl)c1sccc1Br. The van der Waals surface area contributed by atoms with E-state index in [1.54, 1.807) is 29.6 Å². The molecular weight excluding hydrogens is 426 g/mol. The molecule has 1 heterocycles. The van der Waals surface area contributed by atoms with Crippen LogP contribution in [-0.2, 0) is 10.0 Å². The molecule has 18 heavy (non-hydrogen) atoms. The summed E-state index contributed by atoms with van der Waals surface area (Å²) in [6.07, 6.45) is 0. The predicted octanol–water partition coefficient (Wildman–Crippen LogP) is 4.73. The fraction of sp³-hybridized carbons (Fsp3) is 0. The molecule has 0 spiro atoms. The largest absolute Gasteiger partial charge is 0.277 e. The molecule has 0 saturated carbocycles. The van der Waals surface area contributed by atoms with Gasteiger partial charge in [0.1, 0.15) is 0 Å². The first-order chi connectivity index (χ1) is 8.40. The first kappa shape index (κ1) is 14.3. The summed E-state index contributed by atoms with van der Waals surface area (Å²) in [5.41, 5.74) is 0.339. The lowest BCUT2D eigenvalue weighted by Crippen LogP contribution is -2.12. The standard InChI is InChI=1S/C10H6Br2ClNO2S2/c11-6-1-2-8(13)9(5-6)14-18(15,16)10-7(12)3-4-17-10/h1-5,14H. The van der Waals surface area contributed by atoms with Crippen molar-refractivity contribution in [3.05, 3.63) is 43.6 Å². The molecule has 2 aromatic rings. The van der Waals surface area contributed by atoms with Gasteiger partial charge >= 0.3 is 0 Å². The minimum Gasteiger partial charge on any atom is -0.277 e. The average molecular weight is 432 g/mol. The highest BCUT2D eigenvalue weighted by atomic mass is 79.9. The van der Waals surface area contributed by atoms with Gasteiger partial charge in [0.25, 0.3) is 10.0 Å². The molecule has 0 atom stereocenters. The van der Waals surface area contributed by atoms with E-state index < -0.39 is 10.0 Å². The number of nitrogens with one attached hydrogen (secondary N) is 1. The number of thiophene rings is 1. The van der Waals surface area contributed by atoms with Crippen LogP contribution in [0.3, 0.4) is 0 Å². The van der Waals surface area contributed by atoms with Gasteiger partial charge in [-0.25, -0.2) is 8.42 Å². The number of halogens is 3. The molecule has 1 aromatic heterocycles. The van der Waals surface area contributed by atoms with Crippen molar-refractivity contribution in [2.45, 2.75) is 4.21 Å². The van der Waals surface area contributed by atoms with Gasteiger partial charge in [-0.15, -0.1) is 11.3 Å². The number of benzene rings is 1. The van der Waals surface area contributed by atoms with Gasteiger partial charge in [0.2, 0.25) is 0 Å². The molecule has 0 fully saturated rings. The van der Waals surface area contributed by atoms with Crippen molar-refractivity contribution < 1.29 is 8.42 Å². The Bertz CT molecular complexity index is 685. The topological polar surface area (TPSA) is 46.2 Å². The van der Waals surface area contributed by atoms with E-state index in [0.717, 1.165) is 15.8 Å². The molecule has 8 heteroatoms. The lowest BCUT2D eigenvalue weighted by molar-refractivity contribution is 0.603. The Hall–Kier alpha value is -0.0800. The third-order valence-electron chi connectivity index (χ3n) is 2.00. The van der Waals surface area contributed by atoms with Gasteiger partial charge in [-0.1, -0.05) is 27.5 Å². The second kappa shape index (κ2) is 5.50. The number of sulfonamides is 1. The fourth-order valence-corrected chi connectivity index (χ4v) is 5.23. The lowest BCUT2D eigenvalue weighted by atomic mass is 10.3. The third-order valence-corrected chi connectivity index (χ3v) is 6.86. The molecule has 0 amide bonds. The molecule has 0 saturated heterocycles. The van der Waals surface area contributed by atoms with E-state index in [0.29, 0.717) is 15.2 Å². The maximum Gasteiger partial charge on any atom is 0.272 e. The Morgan fingerprint density at radius 3 is 2.56 bits per heavy atom. The van der Waals surface area contributed by atoms with Crippen molar-refractivity contribution in [1.29, 1.82) is 0 Å². The van der Waals surface area contributed by atoms with Gasteiger partial charge in [-0.3, -0.25) is 4.72 Å². The zero-order valence-corrected chi connectivity index (χ0v) is 14.2. The van der Waals surface area contributed by atoms with Gasteiger partial charge in [0.05, 0.1) is 10.7 Å². The minimum atomic E-state index is -3.62. The molecular formula is C10H6Br2ClNO2S2. The highest BCUT2D eigenvalue weighted by Gasteiger charge is 2.20. The van der Waals surface area contributed by atoms with Crippen LogP contribution >= 0.6 is 54.8 Å². The maximum absolute atomic E-state index is 12.1. The van der Waals surface area contributed by atoms with Crippen LogP contribution in [-0.4, -0.2) is 8.42 Å². The third kappa shape index (κ3) is 3.08. The van der Waals surface area contributed by atoms with Crippen LogP contribution in [0.2, 0.25) is 5.02 Å². The quantitative estimate of drug-likeness (QED) is 0.764. The zero-order chi connectivity index (χ0) is 13.3. The van der Waals surface area contributed by atoms with Crippen LogP contribution < -0.4 is 4.72 Å². The second-order valence-electron chi connectivity index (χ2n) is 3.29. The molecule has 0 unspecified atom stereocenters. The van der Waals surface area contributed by atoms with Crippen LogP contribution in [0.25, 0.3) is 0 Å². The van der Waals surface area contributed by atoms with E-state index >= 15 is 0 Å². The van der Waals surface area contributed by atoms with Crippen molar-refractivity contribution in [1.82, 2.24) is 0 Å². The van der Waals surface area contributed by atoms with E-state index in [-0.39, 0.29) is 4.21 Å². The normalized spacial score (nSPS) is 11.5. The number of hydrogen-bond donors (Lipinski definition) is 1. The Kier molecular flexibility index (Phi) is 4.38. The Morgan fingerprint density at radius 2 is 1.94 bits per heavy atom. The highest BCUT2D eigenvalue weighted by molar-refractivity contribution is 9.10. The van der Waals surface area contributed by atoms with Crippen LogP contribution in [0, 0.1) is 0 Å². The van der Waals surface area contributed by atoms with E-state index in [9.17, 15) is 8.42 Å². The van der Waals surface area contributed by atoms with Crippen LogP contribution in [0.1, 0.15) is 0 Å². The van der Waals surface area contributed by atoms with Crippen LogP contribution in [0.15, 0.2) is 42.8 Å². The predicted molar refractivity (Wildman–Crippen MR) is 82.0 cm³/mol. The molecule has 2 rings (SSSR count). The molecule has 0 aliphatic rings. The minimum absolute atomic E-state index is 0.221. The lowest BCUT2D eigenvalue weighted by Gasteiger charge is -2.09. The van der Waals surface area contributed by atoms with Crippen molar-refractivity contribution >= 4 is 70.5 Å². The van der Waals surface area contributed by atoms with E-state index in [1.165, 1.54) is 0 Å². The van der Waals surface area contributed by atoms with Crippen molar-refractivity contribution in [3.63, 3.8) is 0 Å². The van der Waals surface area contributed by atoms with Gasteiger partial charge in [-0.2, -0.15) is 0 Å². The smallest absolute Gasteiger partial charge is 0.272 e. The van der Waals surface area contributed by atoms with E-state index in [2.05, 4.69) is 36.6 Å².